The molecule has 1 aliphatic carbocycles. The zero-order valence-electron chi connectivity index (χ0n) is 9.47. The van der Waals surface area contributed by atoms with Crippen molar-refractivity contribution in [1.82, 2.24) is 0 Å². The van der Waals surface area contributed by atoms with Crippen LogP contribution in [0.3, 0.4) is 0 Å². The van der Waals surface area contributed by atoms with Gasteiger partial charge in [-0.1, -0.05) is 19.4 Å². The number of allylic oxidation sites excluding steroid dienone is 1. The normalized spacial score (nSPS) is 33.1. The zero-order valence-corrected chi connectivity index (χ0v) is 9.47. The fourth-order valence-electron chi connectivity index (χ4n) is 3.16. The summed E-state index contributed by atoms with van der Waals surface area (Å²) in [6.07, 6.45) is 12.5. The molecule has 2 atom stereocenters. The van der Waals surface area contributed by atoms with Crippen molar-refractivity contribution in [3.8, 4) is 0 Å². The minimum atomic E-state index is 0.867. The quantitative estimate of drug-likeness (QED) is 0.664. The van der Waals surface area contributed by atoms with Crippen molar-refractivity contribution >= 4 is 0 Å². The fraction of sp³-hybridized carbons (Fsp3) is 0.846. The summed E-state index contributed by atoms with van der Waals surface area (Å²) < 4.78 is 0. The van der Waals surface area contributed by atoms with Gasteiger partial charge in [-0.2, -0.15) is 0 Å². The highest BCUT2D eigenvalue weighted by molar-refractivity contribution is 5.15. The fourth-order valence-corrected chi connectivity index (χ4v) is 3.16. The maximum Gasteiger partial charge on any atom is 0.108 e. The van der Waals surface area contributed by atoms with Gasteiger partial charge in [-0.3, -0.25) is 0 Å². The molecule has 80 valence electrons. The second-order valence-corrected chi connectivity index (χ2v) is 4.89. The van der Waals surface area contributed by atoms with Gasteiger partial charge in [0.2, 0.25) is 0 Å². The van der Waals surface area contributed by atoms with Crippen LogP contribution in [0.15, 0.2) is 11.6 Å². The van der Waals surface area contributed by atoms with E-state index in [-0.39, 0.29) is 0 Å². The number of hydrogen-bond acceptors (Lipinski definition) is 0. The van der Waals surface area contributed by atoms with Crippen LogP contribution in [0.1, 0.15) is 51.9 Å². The Morgan fingerprint density at radius 1 is 1.36 bits per heavy atom. The predicted molar refractivity (Wildman–Crippen MR) is 60.1 cm³/mol. The maximum absolute atomic E-state index is 2.57. The van der Waals surface area contributed by atoms with Crippen molar-refractivity contribution < 1.29 is 5.32 Å². The van der Waals surface area contributed by atoms with Gasteiger partial charge in [-0.25, -0.2) is 0 Å². The second kappa shape index (κ2) is 4.97. The lowest BCUT2D eigenvalue weighted by molar-refractivity contribution is -0.662. The lowest BCUT2D eigenvalue weighted by Gasteiger charge is -2.26. The van der Waals surface area contributed by atoms with Crippen LogP contribution in [0.2, 0.25) is 0 Å². The lowest BCUT2D eigenvalue weighted by Crippen LogP contribution is -2.87. The van der Waals surface area contributed by atoms with Crippen LogP contribution in [-0.2, 0) is 0 Å². The zero-order chi connectivity index (χ0) is 9.80. The summed E-state index contributed by atoms with van der Waals surface area (Å²) in [5, 5.41) is 2.57. The third kappa shape index (κ3) is 2.20. The van der Waals surface area contributed by atoms with Gasteiger partial charge < -0.3 is 5.32 Å². The van der Waals surface area contributed by atoms with Crippen LogP contribution in [0.25, 0.3) is 0 Å². The van der Waals surface area contributed by atoms with E-state index < -0.39 is 0 Å². The van der Waals surface area contributed by atoms with Crippen molar-refractivity contribution in [3.05, 3.63) is 11.6 Å². The molecule has 0 bridgehead atoms. The summed E-state index contributed by atoms with van der Waals surface area (Å²) in [6, 6.07) is 0.867. The summed E-state index contributed by atoms with van der Waals surface area (Å²) in [4.78, 5) is 0. The number of quaternary nitrogens is 1. The number of rotatable bonds is 3. The van der Waals surface area contributed by atoms with E-state index in [1.54, 1.807) is 0 Å². The highest BCUT2D eigenvalue weighted by Gasteiger charge is 2.29. The minimum absolute atomic E-state index is 0.867. The van der Waals surface area contributed by atoms with E-state index >= 15 is 0 Å². The summed E-state index contributed by atoms with van der Waals surface area (Å²) in [5.74, 6) is 0.938. The van der Waals surface area contributed by atoms with E-state index in [4.69, 9.17) is 0 Å². The highest BCUT2D eigenvalue weighted by Crippen LogP contribution is 2.31. The molecule has 2 rings (SSSR count). The molecule has 0 radical (unpaired) electrons. The summed E-state index contributed by atoms with van der Waals surface area (Å²) in [5.41, 5.74) is 1.82. The molecule has 0 amide bonds. The number of nitrogens with two attached hydrogens (primary N) is 1. The van der Waals surface area contributed by atoms with Crippen LogP contribution in [-0.4, -0.2) is 12.6 Å². The second-order valence-electron chi connectivity index (χ2n) is 4.89. The molecule has 2 N–H and O–H groups in total. The molecule has 2 aliphatic rings. The first-order chi connectivity index (χ1) is 6.92. The first kappa shape index (κ1) is 10.2. The van der Waals surface area contributed by atoms with Gasteiger partial charge in [0.25, 0.3) is 0 Å². The molecule has 1 aliphatic heterocycles. The first-order valence-corrected chi connectivity index (χ1v) is 6.45. The molecule has 1 heterocycles. The number of hydrogen-bond donors (Lipinski definition) is 1. The topological polar surface area (TPSA) is 16.6 Å². The van der Waals surface area contributed by atoms with E-state index in [1.165, 1.54) is 51.5 Å². The van der Waals surface area contributed by atoms with Gasteiger partial charge in [0.05, 0.1) is 6.54 Å². The molecular weight excluding hydrogens is 170 g/mol. The molecule has 1 saturated heterocycles. The SMILES string of the molecule is CCCC1CCCC=C1C1CCC[NH2+]1. The molecular formula is C13H24N+. The Bertz CT molecular complexity index is 201. The van der Waals surface area contributed by atoms with Crippen molar-refractivity contribution in [2.45, 2.75) is 57.9 Å². The van der Waals surface area contributed by atoms with Gasteiger partial charge in [0.1, 0.15) is 6.04 Å². The molecule has 14 heavy (non-hydrogen) atoms. The minimum Gasteiger partial charge on any atom is -0.340 e. The molecule has 1 fully saturated rings. The Hall–Kier alpha value is -0.300. The largest absolute Gasteiger partial charge is 0.340 e. The van der Waals surface area contributed by atoms with Crippen LogP contribution in [0, 0.1) is 5.92 Å². The first-order valence-electron chi connectivity index (χ1n) is 6.45. The predicted octanol–water partition coefficient (Wildman–Crippen LogP) is 2.24. The van der Waals surface area contributed by atoms with Crippen molar-refractivity contribution in [3.63, 3.8) is 0 Å². The molecule has 0 saturated carbocycles. The standard InChI is InChI=1S/C13H23N/c1-2-6-11-7-3-4-8-12(11)13-9-5-10-14-13/h8,11,13-14H,2-7,9-10H2,1H3/p+1. The third-order valence-electron chi connectivity index (χ3n) is 3.84. The smallest absolute Gasteiger partial charge is 0.108 e. The average molecular weight is 194 g/mol. The Morgan fingerprint density at radius 2 is 2.29 bits per heavy atom. The van der Waals surface area contributed by atoms with Gasteiger partial charge in [-0.05, 0) is 37.2 Å². The Labute approximate surface area is 88.0 Å². The van der Waals surface area contributed by atoms with E-state index in [0.717, 1.165) is 12.0 Å². The lowest BCUT2D eigenvalue weighted by atomic mass is 9.80. The van der Waals surface area contributed by atoms with Gasteiger partial charge in [0.15, 0.2) is 0 Å². The van der Waals surface area contributed by atoms with E-state index in [0.29, 0.717) is 0 Å². The Kier molecular flexibility index (Phi) is 3.63. The average Bonchev–Trinajstić information content (AvgIpc) is 2.72. The van der Waals surface area contributed by atoms with Gasteiger partial charge in [-0.15, -0.1) is 0 Å². The molecule has 0 aromatic heterocycles. The molecule has 0 aromatic rings. The van der Waals surface area contributed by atoms with Gasteiger partial charge in [0, 0.05) is 12.8 Å². The van der Waals surface area contributed by atoms with Crippen molar-refractivity contribution in [2.24, 2.45) is 5.92 Å². The van der Waals surface area contributed by atoms with Crippen LogP contribution in [0.5, 0.6) is 0 Å². The molecule has 2 unspecified atom stereocenters. The molecule has 1 heteroatoms. The molecule has 1 nitrogen and oxygen atoms in total. The Balaban J connectivity index is 2.01. The van der Waals surface area contributed by atoms with Crippen molar-refractivity contribution in [1.29, 1.82) is 0 Å². The van der Waals surface area contributed by atoms with E-state index in [1.807, 2.05) is 5.57 Å². The van der Waals surface area contributed by atoms with Crippen LogP contribution in [0.4, 0.5) is 0 Å². The summed E-state index contributed by atoms with van der Waals surface area (Å²) in [7, 11) is 0. The monoisotopic (exact) mass is 194 g/mol. The van der Waals surface area contributed by atoms with E-state index in [2.05, 4.69) is 18.3 Å². The summed E-state index contributed by atoms with van der Waals surface area (Å²) in [6.45, 7) is 3.69. The summed E-state index contributed by atoms with van der Waals surface area (Å²) >= 11 is 0. The van der Waals surface area contributed by atoms with Gasteiger partial charge >= 0.3 is 0 Å². The molecule has 0 aromatic carbocycles. The highest BCUT2D eigenvalue weighted by atomic mass is 14.9. The maximum atomic E-state index is 2.57. The van der Waals surface area contributed by atoms with E-state index in [9.17, 15) is 0 Å². The third-order valence-corrected chi connectivity index (χ3v) is 3.84. The van der Waals surface area contributed by atoms with Crippen LogP contribution < -0.4 is 5.32 Å². The van der Waals surface area contributed by atoms with Crippen molar-refractivity contribution in [2.75, 3.05) is 6.54 Å². The van der Waals surface area contributed by atoms with Crippen LogP contribution >= 0.6 is 0 Å². The molecule has 0 spiro atoms. The Morgan fingerprint density at radius 3 is 3.00 bits per heavy atom.